The van der Waals surface area contributed by atoms with Gasteiger partial charge in [0, 0.05) is 17.7 Å². The smallest absolute Gasteiger partial charge is 0.213 e. The van der Waals surface area contributed by atoms with Gasteiger partial charge in [0.25, 0.3) is 0 Å². The zero-order valence-electron chi connectivity index (χ0n) is 9.50. The lowest BCUT2D eigenvalue weighted by Gasteiger charge is -2.29. The molecule has 84 valence electrons. The monoisotopic (exact) mass is 218 g/mol. The summed E-state index contributed by atoms with van der Waals surface area (Å²) in [5.41, 5.74) is 1.50. The fourth-order valence-corrected chi connectivity index (χ4v) is 1.78. The van der Waals surface area contributed by atoms with E-state index in [0.29, 0.717) is 0 Å². The summed E-state index contributed by atoms with van der Waals surface area (Å²) in [5.74, 6) is -0.433. The van der Waals surface area contributed by atoms with Crippen LogP contribution in [-0.4, -0.2) is 11.5 Å². The van der Waals surface area contributed by atoms with Gasteiger partial charge in [0.15, 0.2) is 0 Å². The molecule has 0 fully saturated rings. The van der Waals surface area contributed by atoms with Crippen LogP contribution < -0.4 is 5.32 Å². The maximum Gasteiger partial charge on any atom is 0.213 e. The molecule has 1 aliphatic heterocycles. The highest BCUT2D eigenvalue weighted by Gasteiger charge is 2.27. The molecular weight excluding hydrogens is 203 g/mol. The van der Waals surface area contributed by atoms with E-state index in [-0.39, 0.29) is 5.41 Å². The molecule has 0 amide bonds. The second kappa shape index (κ2) is 4.08. The summed E-state index contributed by atoms with van der Waals surface area (Å²) in [6.07, 6.45) is 6.06. The Balaban J connectivity index is 2.37. The van der Waals surface area contributed by atoms with Crippen LogP contribution in [0.2, 0.25) is 0 Å². The third-order valence-corrected chi connectivity index (χ3v) is 2.84. The largest absolute Gasteiger partial charge is 0.384 e. The molecule has 0 unspecified atom stereocenters. The number of dihydropyridines is 1. The summed E-state index contributed by atoms with van der Waals surface area (Å²) in [5, 5.41) is 3.29. The van der Waals surface area contributed by atoms with E-state index in [4.69, 9.17) is 0 Å². The van der Waals surface area contributed by atoms with Crippen LogP contribution in [0, 0.1) is 5.95 Å². The summed E-state index contributed by atoms with van der Waals surface area (Å²) in [4.78, 5) is 3.95. The van der Waals surface area contributed by atoms with Crippen LogP contribution in [0.3, 0.4) is 0 Å². The van der Waals surface area contributed by atoms with E-state index >= 15 is 0 Å². The van der Waals surface area contributed by atoms with Crippen LogP contribution in [0.25, 0.3) is 0 Å². The fraction of sp³-hybridized carbons (Fsp3) is 0.308. The number of allylic oxidation sites excluding steroid dienone is 3. The first kappa shape index (κ1) is 10.9. The van der Waals surface area contributed by atoms with Crippen molar-refractivity contribution >= 4 is 0 Å². The minimum atomic E-state index is -0.433. The lowest BCUT2D eigenvalue weighted by Crippen LogP contribution is -2.32. The van der Waals surface area contributed by atoms with Gasteiger partial charge in [0.05, 0.1) is 5.69 Å². The van der Waals surface area contributed by atoms with Gasteiger partial charge in [0.1, 0.15) is 0 Å². The quantitative estimate of drug-likeness (QED) is 0.772. The highest BCUT2D eigenvalue weighted by atomic mass is 19.1. The van der Waals surface area contributed by atoms with Crippen LogP contribution in [0.4, 0.5) is 4.39 Å². The Hall–Kier alpha value is -1.64. The summed E-state index contributed by atoms with van der Waals surface area (Å²) in [6, 6.07) is 4.91. The van der Waals surface area contributed by atoms with Crippen molar-refractivity contribution in [2.75, 3.05) is 6.54 Å². The molecule has 0 atom stereocenters. The first-order valence-corrected chi connectivity index (χ1v) is 5.35. The van der Waals surface area contributed by atoms with Crippen molar-refractivity contribution in [1.82, 2.24) is 10.3 Å². The molecule has 2 rings (SSSR count). The number of rotatable bonds is 2. The number of hydrogen-bond donors (Lipinski definition) is 1. The van der Waals surface area contributed by atoms with Gasteiger partial charge in [-0.25, -0.2) is 4.98 Å². The van der Waals surface area contributed by atoms with E-state index in [2.05, 4.69) is 10.3 Å². The van der Waals surface area contributed by atoms with Gasteiger partial charge in [-0.2, -0.15) is 4.39 Å². The molecule has 0 spiro atoms. The average Bonchev–Trinajstić information content (AvgIpc) is 2.30. The first-order chi connectivity index (χ1) is 7.60. The molecule has 16 heavy (non-hydrogen) atoms. The fourth-order valence-electron chi connectivity index (χ4n) is 1.78. The molecule has 2 heterocycles. The van der Waals surface area contributed by atoms with Crippen molar-refractivity contribution in [3.63, 3.8) is 0 Å². The molecule has 1 N–H and O–H groups in total. The third kappa shape index (κ3) is 1.98. The first-order valence-electron chi connectivity index (χ1n) is 5.35. The minimum absolute atomic E-state index is 0.299. The van der Waals surface area contributed by atoms with Crippen LogP contribution in [-0.2, 0) is 5.41 Å². The van der Waals surface area contributed by atoms with Crippen LogP contribution >= 0.6 is 0 Å². The van der Waals surface area contributed by atoms with Crippen molar-refractivity contribution in [2.24, 2.45) is 0 Å². The topological polar surface area (TPSA) is 24.9 Å². The van der Waals surface area contributed by atoms with Crippen molar-refractivity contribution in [3.8, 4) is 0 Å². The average molecular weight is 218 g/mol. The molecule has 0 saturated carbocycles. The van der Waals surface area contributed by atoms with Crippen molar-refractivity contribution in [3.05, 3.63) is 53.8 Å². The highest BCUT2D eigenvalue weighted by molar-refractivity contribution is 5.32. The number of aromatic nitrogens is 1. The highest BCUT2D eigenvalue weighted by Crippen LogP contribution is 2.29. The van der Waals surface area contributed by atoms with E-state index in [0.717, 1.165) is 17.9 Å². The molecule has 0 bridgehead atoms. The van der Waals surface area contributed by atoms with Crippen molar-refractivity contribution < 1.29 is 4.39 Å². The molecule has 1 aromatic heterocycles. The lowest BCUT2D eigenvalue weighted by molar-refractivity contribution is 0.517. The molecular formula is C13H15FN2. The molecule has 0 aliphatic carbocycles. The predicted molar refractivity (Wildman–Crippen MR) is 62.4 cm³/mol. The van der Waals surface area contributed by atoms with E-state index in [1.165, 1.54) is 6.07 Å². The SMILES string of the molecule is CC(C)(C1=CC=CCN1)c1cccc(F)n1. The second-order valence-corrected chi connectivity index (χ2v) is 4.36. The normalized spacial score (nSPS) is 15.6. The van der Waals surface area contributed by atoms with Gasteiger partial charge < -0.3 is 5.32 Å². The van der Waals surface area contributed by atoms with E-state index in [9.17, 15) is 4.39 Å². The molecule has 0 aromatic carbocycles. The lowest BCUT2D eigenvalue weighted by atomic mass is 9.84. The maximum absolute atomic E-state index is 13.1. The number of nitrogens with zero attached hydrogens (tertiary/aromatic N) is 1. The van der Waals surface area contributed by atoms with Gasteiger partial charge >= 0.3 is 0 Å². The Kier molecular flexibility index (Phi) is 2.77. The molecule has 0 radical (unpaired) electrons. The summed E-state index contributed by atoms with van der Waals surface area (Å²) >= 11 is 0. The van der Waals surface area contributed by atoms with Crippen molar-refractivity contribution in [1.29, 1.82) is 0 Å². The molecule has 2 nitrogen and oxygen atoms in total. The van der Waals surface area contributed by atoms with Gasteiger partial charge in [-0.15, -0.1) is 0 Å². The zero-order valence-corrected chi connectivity index (χ0v) is 9.50. The van der Waals surface area contributed by atoms with Crippen molar-refractivity contribution in [2.45, 2.75) is 19.3 Å². The molecule has 3 heteroatoms. The van der Waals surface area contributed by atoms with E-state index < -0.39 is 5.95 Å². The van der Waals surface area contributed by atoms with Gasteiger partial charge in [-0.05, 0) is 32.1 Å². The third-order valence-electron chi connectivity index (χ3n) is 2.84. The molecule has 1 aliphatic rings. The second-order valence-electron chi connectivity index (χ2n) is 4.36. The van der Waals surface area contributed by atoms with Gasteiger partial charge in [0.2, 0.25) is 5.95 Å². The molecule has 0 saturated heterocycles. The minimum Gasteiger partial charge on any atom is -0.384 e. The Bertz CT molecular complexity index is 447. The van der Waals surface area contributed by atoms with E-state index in [1.807, 2.05) is 38.1 Å². The Labute approximate surface area is 94.9 Å². The van der Waals surface area contributed by atoms with Crippen LogP contribution in [0.5, 0.6) is 0 Å². The Morgan fingerprint density at radius 2 is 2.19 bits per heavy atom. The predicted octanol–water partition coefficient (Wildman–Crippen LogP) is 2.54. The van der Waals surface area contributed by atoms with Gasteiger partial charge in [-0.1, -0.05) is 18.2 Å². The summed E-state index contributed by atoms with van der Waals surface area (Å²) in [7, 11) is 0. The Morgan fingerprint density at radius 1 is 1.38 bits per heavy atom. The van der Waals surface area contributed by atoms with Crippen LogP contribution in [0.1, 0.15) is 19.5 Å². The van der Waals surface area contributed by atoms with E-state index in [1.54, 1.807) is 6.07 Å². The molecule has 1 aromatic rings. The zero-order chi connectivity index (χ0) is 11.6. The summed E-state index contributed by atoms with van der Waals surface area (Å²) < 4.78 is 13.1. The number of halogens is 1. The standard InChI is InChI=1S/C13H15FN2/c1-13(2,10-6-3-4-9-15-10)11-7-5-8-12(14)16-11/h3-8,15H,9H2,1-2H3. The maximum atomic E-state index is 13.1. The number of pyridine rings is 1. The van der Waals surface area contributed by atoms with Gasteiger partial charge in [-0.3, -0.25) is 0 Å². The number of hydrogen-bond acceptors (Lipinski definition) is 2. The summed E-state index contributed by atoms with van der Waals surface area (Å²) in [6.45, 7) is 4.88. The number of nitrogens with one attached hydrogen (secondary N) is 1. The van der Waals surface area contributed by atoms with Crippen LogP contribution in [0.15, 0.2) is 42.1 Å². The Morgan fingerprint density at radius 3 is 2.81 bits per heavy atom.